The lowest BCUT2D eigenvalue weighted by molar-refractivity contribution is 0.0487. The van der Waals surface area contributed by atoms with Gasteiger partial charge >= 0.3 is 0 Å². The van der Waals surface area contributed by atoms with Gasteiger partial charge in [-0.15, -0.1) is 0 Å². The number of hydrogen-bond acceptors (Lipinski definition) is 2. The average Bonchev–Trinajstić information content (AvgIpc) is 1.68. The van der Waals surface area contributed by atoms with E-state index in [1.807, 2.05) is 0 Å². The Morgan fingerprint density at radius 2 is 2.43 bits per heavy atom. The molecule has 2 nitrogen and oxygen atoms in total. The highest BCUT2D eigenvalue weighted by atomic mass is 16.6. The van der Waals surface area contributed by atoms with Crippen LogP contribution in [-0.2, 0) is 4.74 Å². The Hall–Kier alpha value is -0.760. The van der Waals surface area contributed by atoms with Crippen LogP contribution in [0.5, 0.6) is 0 Å². The van der Waals surface area contributed by atoms with Gasteiger partial charge in [0.05, 0.1) is 0 Å². The van der Waals surface area contributed by atoms with E-state index in [-0.39, 0.29) is 6.79 Å². The molecule has 0 atom stereocenters. The van der Waals surface area contributed by atoms with Gasteiger partial charge in [-0.1, -0.05) is 13.2 Å². The molecule has 0 saturated heterocycles. The molecule has 0 aliphatic heterocycles. The number of aliphatic hydroxyl groups excluding tert-OH is 1. The van der Waals surface area contributed by atoms with Crippen molar-refractivity contribution in [1.82, 2.24) is 0 Å². The Labute approximate surface area is 42.7 Å². The lowest BCUT2D eigenvalue weighted by Crippen LogP contribution is -1.87. The van der Waals surface area contributed by atoms with E-state index >= 15 is 0 Å². The highest BCUT2D eigenvalue weighted by Gasteiger charge is 1.78. The highest BCUT2D eigenvalue weighted by molar-refractivity contribution is 5.01. The first-order valence-electron chi connectivity index (χ1n) is 1.86. The highest BCUT2D eigenvalue weighted by Crippen LogP contribution is 1.89. The topological polar surface area (TPSA) is 29.5 Å². The molecule has 0 radical (unpaired) electrons. The van der Waals surface area contributed by atoms with Crippen LogP contribution in [0.4, 0.5) is 0 Å². The van der Waals surface area contributed by atoms with E-state index in [1.54, 1.807) is 0 Å². The van der Waals surface area contributed by atoms with Crippen molar-refractivity contribution in [3.8, 4) is 0 Å². The van der Waals surface area contributed by atoms with Crippen molar-refractivity contribution in [3.63, 3.8) is 0 Å². The van der Waals surface area contributed by atoms with Crippen LogP contribution in [0.2, 0.25) is 0 Å². The standard InChI is InChI=1S/C5H8O2/c1-3-5(2)7-4-6/h3,6H,1-2,4H2. The van der Waals surface area contributed by atoms with Crippen molar-refractivity contribution in [2.75, 3.05) is 6.79 Å². The summed E-state index contributed by atoms with van der Waals surface area (Å²) in [6.07, 6.45) is 1.43. The number of aliphatic hydroxyl groups is 1. The summed E-state index contributed by atoms with van der Waals surface area (Å²) < 4.78 is 4.43. The van der Waals surface area contributed by atoms with Gasteiger partial charge in [0.25, 0.3) is 0 Å². The normalized spacial score (nSPS) is 7.57. The summed E-state index contributed by atoms with van der Waals surface area (Å²) in [4.78, 5) is 0. The van der Waals surface area contributed by atoms with Crippen LogP contribution in [0.1, 0.15) is 0 Å². The van der Waals surface area contributed by atoms with Gasteiger partial charge in [-0.3, -0.25) is 0 Å². The molecule has 0 spiro atoms. The van der Waals surface area contributed by atoms with Crippen molar-refractivity contribution in [3.05, 3.63) is 25.0 Å². The predicted molar refractivity (Wildman–Crippen MR) is 27.5 cm³/mol. The van der Waals surface area contributed by atoms with Crippen molar-refractivity contribution in [2.45, 2.75) is 0 Å². The van der Waals surface area contributed by atoms with Gasteiger partial charge in [0.2, 0.25) is 0 Å². The third-order valence-corrected chi connectivity index (χ3v) is 0.478. The lowest BCUT2D eigenvalue weighted by atomic mass is 10.6. The average molecular weight is 100 g/mol. The van der Waals surface area contributed by atoms with Crippen LogP contribution in [0.25, 0.3) is 0 Å². The van der Waals surface area contributed by atoms with Gasteiger partial charge < -0.3 is 9.84 Å². The van der Waals surface area contributed by atoms with Gasteiger partial charge in [0.1, 0.15) is 5.76 Å². The molecule has 0 unspecified atom stereocenters. The monoisotopic (exact) mass is 100 g/mol. The number of ether oxygens (including phenoxy) is 1. The van der Waals surface area contributed by atoms with E-state index in [0.717, 1.165) is 0 Å². The quantitative estimate of drug-likeness (QED) is 0.320. The summed E-state index contributed by atoms with van der Waals surface area (Å²) >= 11 is 0. The second-order valence-electron chi connectivity index (χ2n) is 0.944. The minimum atomic E-state index is -0.329. The van der Waals surface area contributed by atoms with E-state index in [9.17, 15) is 0 Å². The predicted octanol–water partition coefficient (Wildman–Crippen LogP) is 0.652. The summed E-state index contributed by atoms with van der Waals surface area (Å²) in [6.45, 7) is 6.38. The molecule has 2 heteroatoms. The van der Waals surface area contributed by atoms with E-state index in [0.29, 0.717) is 5.76 Å². The molecule has 1 N–H and O–H groups in total. The van der Waals surface area contributed by atoms with Crippen molar-refractivity contribution in [1.29, 1.82) is 0 Å². The molecule has 0 aliphatic carbocycles. The molecule has 0 aromatic heterocycles. The van der Waals surface area contributed by atoms with E-state index in [1.165, 1.54) is 6.08 Å². The Bertz CT molecular complexity index is 76.1. The first-order chi connectivity index (χ1) is 3.31. The van der Waals surface area contributed by atoms with Crippen molar-refractivity contribution in [2.24, 2.45) is 0 Å². The van der Waals surface area contributed by atoms with Crippen LogP contribution in [0, 0.1) is 0 Å². The van der Waals surface area contributed by atoms with Gasteiger partial charge in [-0.25, -0.2) is 0 Å². The van der Waals surface area contributed by atoms with Gasteiger partial charge in [-0.05, 0) is 6.08 Å². The van der Waals surface area contributed by atoms with Crippen LogP contribution in [-0.4, -0.2) is 11.9 Å². The molecule has 0 saturated carbocycles. The molecule has 40 valence electrons. The molecule has 0 heterocycles. The van der Waals surface area contributed by atoms with Crippen LogP contribution < -0.4 is 0 Å². The summed E-state index contributed by atoms with van der Waals surface area (Å²) in [7, 11) is 0. The fourth-order valence-electron chi connectivity index (χ4n) is 0.142. The smallest absolute Gasteiger partial charge is 0.186 e. The summed E-state index contributed by atoms with van der Waals surface area (Å²) in [6, 6.07) is 0. The minimum Gasteiger partial charge on any atom is -0.468 e. The fraction of sp³-hybridized carbons (Fsp3) is 0.200. The molecule has 0 bridgehead atoms. The van der Waals surface area contributed by atoms with Crippen molar-refractivity contribution < 1.29 is 9.84 Å². The first kappa shape index (κ1) is 6.24. The Balaban J connectivity index is 3.17. The van der Waals surface area contributed by atoms with Gasteiger partial charge in [0.15, 0.2) is 6.79 Å². The number of hydrogen-bond donors (Lipinski definition) is 1. The number of rotatable bonds is 3. The maximum atomic E-state index is 8.04. The lowest BCUT2D eigenvalue weighted by Gasteiger charge is -1.96. The molecule has 0 aromatic carbocycles. The molecule has 0 fully saturated rings. The number of allylic oxidation sites excluding steroid dienone is 1. The molecular formula is C5H8O2. The van der Waals surface area contributed by atoms with Crippen LogP contribution >= 0.6 is 0 Å². The zero-order valence-corrected chi connectivity index (χ0v) is 4.05. The third kappa shape index (κ3) is 3.06. The molecule has 7 heavy (non-hydrogen) atoms. The fourth-order valence-corrected chi connectivity index (χ4v) is 0.142. The second-order valence-corrected chi connectivity index (χ2v) is 0.944. The third-order valence-electron chi connectivity index (χ3n) is 0.478. The van der Waals surface area contributed by atoms with Crippen LogP contribution in [0.15, 0.2) is 25.0 Å². The zero-order chi connectivity index (χ0) is 5.70. The molecule has 0 aromatic rings. The molecular weight excluding hydrogens is 92.1 g/mol. The molecule has 0 amide bonds. The molecule has 0 aliphatic rings. The first-order valence-corrected chi connectivity index (χ1v) is 1.86. The SMILES string of the molecule is C=CC(=C)OCO. The maximum Gasteiger partial charge on any atom is 0.186 e. The van der Waals surface area contributed by atoms with Crippen LogP contribution in [0.3, 0.4) is 0 Å². The Morgan fingerprint density at radius 3 is 2.57 bits per heavy atom. The Morgan fingerprint density at radius 1 is 1.86 bits per heavy atom. The van der Waals surface area contributed by atoms with E-state index in [4.69, 9.17) is 5.11 Å². The van der Waals surface area contributed by atoms with E-state index < -0.39 is 0 Å². The second kappa shape index (κ2) is 3.43. The minimum absolute atomic E-state index is 0.329. The van der Waals surface area contributed by atoms with E-state index in [2.05, 4.69) is 17.9 Å². The van der Waals surface area contributed by atoms with Crippen molar-refractivity contribution >= 4 is 0 Å². The summed E-state index contributed by atoms with van der Waals surface area (Å²) in [5.41, 5.74) is 0. The Kier molecular flexibility index (Phi) is 3.06. The maximum absolute atomic E-state index is 8.04. The zero-order valence-electron chi connectivity index (χ0n) is 4.05. The van der Waals surface area contributed by atoms with Gasteiger partial charge in [-0.2, -0.15) is 0 Å². The largest absolute Gasteiger partial charge is 0.468 e. The van der Waals surface area contributed by atoms with Gasteiger partial charge in [0, 0.05) is 0 Å². The molecule has 0 rings (SSSR count). The summed E-state index contributed by atoms with van der Waals surface area (Å²) in [5.74, 6) is 0.391. The summed E-state index contributed by atoms with van der Waals surface area (Å²) in [5, 5.41) is 8.04.